The molecule has 1 saturated carbocycles. The van der Waals surface area contributed by atoms with Crippen molar-refractivity contribution in [3.8, 4) is 0 Å². The second kappa shape index (κ2) is 4.89. The van der Waals surface area contributed by atoms with Gasteiger partial charge in [0.25, 0.3) is 0 Å². The summed E-state index contributed by atoms with van der Waals surface area (Å²) in [4.78, 5) is 4.42. The van der Waals surface area contributed by atoms with Crippen LogP contribution in [0.1, 0.15) is 43.8 Å². The van der Waals surface area contributed by atoms with Gasteiger partial charge >= 0.3 is 0 Å². The minimum atomic E-state index is 0.488. The number of hydrogen-bond acceptors (Lipinski definition) is 3. The van der Waals surface area contributed by atoms with Crippen molar-refractivity contribution in [1.82, 2.24) is 10.3 Å². The van der Waals surface area contributed by atoms with Crippen LogP contribution in [0.4, 0.5) is 0 Å². The SMILES string of the molecule is CNC(c1cscn1)C1CCCCC1. The molecule has 2 rings (SSSR count). The van der Waals surface area contributed by atoms with E-state index in [1.165, 1.54) is 37.8 Å². The highest BCUT2D eigenvalue weighted by molar-refractivity contribution is 7.07. The van der Waals surface area contributed by atoms with Gasteiger partial charge in [0.05, 0.1) is 17.2 Å². The van der Waals surface area contributed by atoms with Crippen molar-refractivity contribution < 1.29 is 0 Å². The number of nitrogens with one attached hydrogen (secondary N) is 1. The average Bonchev–Trinajstić information content (AvgIpc) is 2.74. The van der Waals surface area contributed by atoms with Crippen LogP contribution >= 0.6 is 11.3 Å². The maximum atomic E-state index is 4.42. The Labute approximate surface area is 89.8 Å². The zero-order valence-corrected chi connectivity index (χ0v) is 9.52. The average molecular weight is 210 g/mol. The highest BCUT2D eigenvalue weighted by atomic mass is 32.1. The van der Waals surface area contributed by atoms with Gasteiger partial charge in [-0.1, -0.05) is 19.3 Å². The number of hydrogen-bond donors (Lipinski definition) is 1. The van der Waals surface area contributed by atoms with Crippen molar-refractivity contribution in [3.63, 3.8) is 0 Å². The monoisotopic (exact) mass is 210 g/mol. The summed E-state index contributed by atoms with van der Waals surface area (Å²) < 4.78 is 0. The van der Waals surface area contributed by atoms with Gasteiger partial charge in [-0.2, -0.15) is 0 Å². The molecule has 1 aliphatic carbocycles. The molecule has 0 aromatic carbocycles. The zero-order valence-electron chi connectivity index (χ0n) is 8.70. The van der Waals surface area contributed by atoms with Gasteiger partial charge < -0.3 is 5.32 Å². The van der Waals surface area contributed by atoms with Crippen LogP contribution in [0.2, 0.25) is 0 Å². The van der Waals surface area contributed by atoms with Crippen LogP contribution in [0.5, 0.6) is 0 Å². The lowest BCUT2D eigenvalue weighted by Crippen LogP contribution is -2.27. The molecule has 14 heavy (non-hydrogen) atoms. The minimum absolute atomic E-state index is 0.488. The summed E-state index contributed by atoms with van der Waals surface area (Å²) in [5.41, 5.74) is 3.17. The molecule has 1 unspecified atom stereocenters. The third-order valence-electron chi connectivity index (χ3n) is 3.20. The zero-order chi connectivity index (χ0) is 9.80. The number of nitrogens with zero attached hydrogens (tertiary/aromatic N) is 1. The van der Waals surface area contributed by atoms with Crippen molar-refractivity contribution in [1.29, 1.82) is 0 Å². The van der Waals surface area contributed by atoms with Crippen LogP contribution in [-0.2, 0) is 0 Å². The van der Waals surface area contributed by atoms with Gasteiger partial charge in [-0.25, -0.2) is 4.98 Å². The summed E-state index contributed by atoms with van der Waals surface area (Å²) in [5.74, 6) is 0.802. The van der Waals surface area contributed by atoms with Crippen molar-refractivity contribution in [2.45, 2.75) is 38.1 Å². The lowest BCUT2D eigenvalue weighted by Gasteiger charge is -2.28. The van der Waals surface area contributed by atoms with Crippen molar-refractivity contribution in [2.24, 2.45) is 5.92 Å². The van der Waals surface area contributed by atoms with Crippen LogP contribution in [0, 0.1) is 5.92 Å². The molecule has 2 nitrogen and oxygen atoms in total. The van der Waals surface area contributed by atoms with E-state index in [0.717, 1.165) is 5.92 Å². The van der Waals surface area contributed by atoms with Crippen LogP contribution in [-0.4, -0.2) is 12.0 Å². The first-order chi connectivity index (χ1) is 6.92. The number of rotatable bonds is 3. The van der Waals surface area contributed by atoms with Gasteiger partial charge in [-0.05, 0) is 25.8 Å². The van der Waals surface area contributed by atoms with Gasteiger partial charge in [0, 0.05) is 5.38 Å². The van der Waals surface area contributed by atoms with Crippen LogP contribution in [0.25, 0.3) is 0 Å². The van der Waals surface area contributed by atoms with Crippen molar-refractivity contribution in [3.05, 3.63) is 16.6 Å². The predicted molar refractivity (Wildman–Crippen MR) is 60.5 cm³/mol. The smallest absolute Gasteiger partial charge is 0.0795 e. The highest BCUT2D eigenvalue weighted by Crippen LogP contribution is 2.33. The molecule has 1 fully saturated rings. The summed E-state index contributed by atoms with van der Waals surface area (Å²) in [6, 6.07) is 0.488. The summed E-state index contributed by atoms with van der Waals surface area (Å²) in [7, 11) is 2.05. The lowest BCUT2D eigenvalue weighted by molar-refractivity contribution is 0.278. The van der Waals surface area contributed by atoms with Crippen LogP contribution in [0.3, 0.4) is 0 Å². The molecule has 1 heterocycles. The van der Waals surface area contributed by atoms with E-state index in [2.05, 4.69) is 22.7 Å². The molecule has 0 bridgehead atoms. The third kappa shape index (κ3) is 2.15. The molecule has 0 aliphatic heterocycles. The standard InChI is InChI=1S/C11H18N2S/c1-12-11(10-7-14-8-13-10)9-5-3-2-4-6-9/h7-9,11-12H,2-6H2,1H3. The normalized spacial score (nSPS) is 20.9. The molecule has 1 aliphatic rings. The molecule has 0 radical (unpaired) electrons. The second-order valence-corrected chi connectivity index (χ2v) is 4.80. The van der Waals surface area contributed by atoms with Crippen molar-refractivity contribution in [2.75, 3.05) is 7.05 Å². The molecular weight excluding hydrogens is 192 g/mol. The van der Waals surface area contributed by atoms with E-state index >= 15 is 0 Å². The van der Waals surface area contributed by atoms with E-state index in [0.29, 0.717) is 6.04 Å². The third-order valence-corrected chi connectivity index (χ3v) is 3.81. The molecule has 1 atom stereocenters. The molecular formula is C11H18N2S. The first kappa shape index (κ1) is 10.1. The van der Waals surface area contributed by atoms with E-state index < -0.39 is 0 Å². The molecule has 78 valence electrons. The number of aromatic nitrogens is 1. The minimum Gasteiger partial charge on any atom is -0.311 e. The van der Waals surface area contributed by atoms with E-state index in [9.17, 15) is 0 Å². The Bertz CT molecular complexity index is 252. The quantitative estimate of drug-likeness (QED) is 0.829. The first-order valence-electron chi connectivity index (χ1n) is 5.47. The van der Waals surface area contributed by atoms with Gasteiger partial charge in [-0.3, -0.25) is 0 Å². The molecule has 1 N–H and O–H groups in total. The van der Waals surface area contributed by atoms with Gasteiger partial charge in [0.15, 0.2) is 0 Å². The molecule has 0 spiro atoms. The van der Waals surface area contributed by atoms with Gasteiger partial charge in [-0.15, -0.1) is 11.3 Å². The summed E-state index contributed by atoms with van der Waals surface area (Å²) in [6.07, 6.45) is 6.94. The summed E-state index contributed by atoms with van der Waals surface area (Å²) in [6.45, 7) is 0. The largest absolute Gasteiger partial charge is 0.311 e. The molecule has 0 amide bonds. The maximum Gasteiger partial charge on any atom is 0.0795 e. The number of thiazole rings is 1. The lowest BCUT2D eigenvalue weighted by atomic mass is 9.83. The Morgan fingerprint density at radius 3 is 2.79 bits per heavy atom. The summed E-state index contributed by atoms with van der Waals surface area (Å²) >= 11 is 1.70. The molecule has 3 heteroatoms. The van der Waals surface area contributed by atoms with Gasteiger partial charge in [0.1, 0.15) is 0 Å². The Morgan fingerprint density at radius 1 is 1.43 bits per heavy atom. The van der Waals surface area contributed by atoms with Crippen molar-refractivity contribution >= 4 is 11.3 Å². The first-order valence-corrected chi connectivity index (χ1v) is 6.41. The molecule has 1 aromatic rings. The van der Waals surface area contributed by atoms with E-state index in [1.54, 1.807) is 11.3 Å². The summed E-state index contributed by atoms with van der Waals surface area (Å²) in [5, 5.41) is 5.59. The van der Waals surface area contributed by atoms with E-state index in [-0.39, 0.29) is 0 Å². The Kier molecular flexibility index (Phi) is 3.54. The van der Waals surface area contributed by atoms with E-state index in [4.69, 9.17) is 0 Å². The molecule has 0 saturated heterocycles. The predicted octanol–water partition coefficient (Wildman–Crippen LogP) is 2.98. The maximum absolute atomic E-state index is 4.42. The highest BCUT2D eigenvalue weighted by Gasteiger charge is 2.24. The second-order valence-electron chi connectivity index (χ2n) is 4.08. The Hall–Kier alpha value is -0.410. The Balaban J connectivity index is 2.04. The fourth-order valence-corrected chi connectivity index (χ4v) is 3.06. The Morgan fingerprint density at radius 2 is 2.21 bits per heavy atom. The van der Waals surface area contributed by atoms with E-state index in [1.807, 2.05) is 5.51 Å². The molecule has 1 aromatic heterocycles. The van der Waals surface area contributed by atoms with Crippen LogP contribution in [0.15, 0.2) is 10.9 Å². The van der Waals surface area contributed by atoms with Gasteiger partial charge in [0.2, 0.25) is 0 Å². The topological polar surface area (TPSA) is 24.9 Å². The van der Waals surface area contributed by atoms with Crippen LogP contribution < -0.4 is 5.32 Å². The fourth-order valence-electron chi connectivity index (χ4n) is 2.47. The fraction of sp³-hybridized carbons (Fsp3) is 0.727.